The summed E-state index contributed by atoms with van der Waals surface area (Å²) >= 11 is 0. The van der Waals surface area contributed by atoms with Crippen LogP contribution in [0.3, 0.4) is 0 Å². The van der Waals surface area contributed by atoms with Gasteiger partial charge in [0.15, 0.2) is 5.82 Å². The van der Waals surface area contributed by atoms with E-state index < -0.39 is 37.3 Å². The number of alkyl halides is 4. The van der Waals surface area contributed by atoms with Crippen molar-refractivity contribution in [2.45, 2.75) is 87.6 Å². The number of hydrogen-bond donors (Lipinski definition) is 3. The van der Waals surface area contributed by atoms with Gasteiger partial charge in [-0.15, -0.1) is 13.2 Å². The van der Waals surface area contributed by atoms with Crippen LogP contribution >= 0.6 is 0 Å². The van der Waals surface area contributed by atoms with Gasteiger partial charge in [-0.25, -0.2) is 19.2 Å². The van der Waals surface area contributed by atoms with E-state index in [2.05, 4.69) is 35.5 Å². The quantitative estimate of drug-likeness (QED) is 0.340. The Labute approximate surface area is 219 Å². The molecule has 1 amide bonds. The number of aromatic nitrogens is 5. The number of amides is 1. The molecule has 39 heavy (non-hydrogen) atoms. The first-order chi connectivity index (χ1) is 18.6. The topological polar surface area (TPSA) is 118 Å². The third-order valence-electron chi connectivity index (χ3n) is 8.31. The summed E-state index contributed by atoms with van der Waals surface area (Å²) in [5, 5.41) is 13.1. The minimum absolute atomic E-state index is 0.100. The molecule has 14 heteroatoms. The van der Waals surface area contributed by atoms with E-state index in [9.17, 15) is 18.0 Å². The second-order valence-corrected chi connectivity index (χ2v) is 11.3. The number of carbonyl (C=O) groups is 1. The zero-order valence-corrected chi connectivity index (χ0v) is 20.8. The molecule has 3 aromatic rings. The molecule has 3 atom stereocenters. The van der Waals surface area contributed by atoms with Crippen molar-refractivity contribution in [2.24, 2.45) is 5.92 Å². The van der Waals surface area contributed by atoms with Crippen LogP contribution in [0.1, 0.15) is 73.9 Å². The molecule has 3 aromatic heterocycles. The molecule has 208 valence electrons. The molecule has 2 bridgehead atoms. The largest absolute Gasteiger partial charge is 0.522 e. The van der Waals surface area contributed by atoms with E-state index in [1.54, 1.807) is 12.1 Å². The molecule has 5 fully saturated rings. The zero-order chi connectivity index (χ0) is 26.9. The molecule has 0 saturated heterocycles. The molecule has 0 unspecified atom stereocenters. The van der Waals surface area contributed by atoms with E-state index in [1.807, 2.05) is 0 Å². The Kier molecular flexibility index (Phi) is 5.55. The van der Waals surface area contributed by atoms with Crippen molar-refractivity contribution < 1.29 is 31.8 Å². The summed E-state index contributed by atoms with van der Waals surface area (Å²) < 4.78 is 63.8. The van der Waals surface area contributed by atoms with Crippen LogP contribution in [-0.4, -0.2) is 54.8 Å². The van der Waals surface area contributed by atoms with Crippen LogP contribution in [0.5, 0.6) is 0 Å². The first-order valence-electron chi connectivity index (χ1n) is 13.2. The summed E-state index contributed by atoms with van der Waals surface area (Å²) in [6.45, 7) is -0.724. The third-order valence-corrected chi connectivity index (χ3v) is 8.31. The number of H-pyrrole nitrogens is 1. The SMILES string of the molecule is O=C(NC12CC(C1)C2)O[C@H]1CC[C@@H](c2cc(Nc3nc(C4CC4)cc4nc(COC(F)(F)F)cn34)n[nH]2)[C@@H]1F. The predicted octanol–water partition coefficient (Wildman–Crippen LogP) is 4.97. The van der Waals surface area contributed by atoms with Gasteiger partial charge in [-0.05, 0) is 50.9 Å². The Balaban J connectivity index is 1.05. The van der Waals surface area contributed by atoms with Crippen molar-refractivity contribution in [1.82, 2.24) is 29.9 Å². The van der Waals surface area contributed by atoms with E-state index >= 15 is 4.39 Å². The van der Waals surface area contributed by atoms with E-state index in [4.69, 9.17) is 4.74 Å². The molecule has 5 saturated carbocycles. The molecule has 0 aliphatic heterocycles. The highest BCUT2D eigenvalue weighted by molar-refractivity contribution is 5.69. The number of imidazole rings is 1. The molecule has 5 aliphatic carbocycles. The van der Waals surface area contributed by atoms with Crippen molar-refractivity contribution in [3.05, 3.63) is 35.4 Å². The van der Waals surface area contributed by atoms with Crippen LogP contribution in [0, 0.1) is 5.92 Å². The summed E-state index contributed by atoms with van der Waals surface area (Å²) in [4.78, 5) is 21.2. The Morgan fingerprint density at radius 3 is 2.64 bits per heavy atom. The van der Waals surface area contributed by atoms with Gasteiger partial charge in [0.2, 0.25) is 5.95 Å². The summed E-state index contributed by atoms with van der Waals surface area (Å²) in [5.74, 6) is 1.15. The Morgan fingerprint density at radius 2 is 1.95 bits per heavy atom. The maximum absolute atomic E-state index is 15.3. The van der Waals surface area contributed by atoms with Gasteiger partial charge in [0.05, 0.1) is 18.0 Å². The molecule has 0 radical (unpaired) electrons. The fourth-order valence-corrected chi connectivity index (χ4v) is 6.05. The highest BCUT2D eigenvalue weighted by Gasteiger charge is 2.58. The number of fused-ring (bicyclic) bond motifs is 1. The molecule has 0 aromatic carbocycles. The number of hydrogen-bond acceptors (Lipinski definition) is 7. The standard InChI is InChI=1S/C25H27F4N7O3/c26-21-15(3-4-18(21)39-23(37)33-24-7-12(8-24)9-24)17-5-19(35-34-17)32-22-31-16(13-1-2-13)6-20-30-14(10-36(20)22)11-38-25(27,28)29/h5-6,10,12-13,15,18,21H,1-4,7-9,11H2,(H,33,37)(H2,31,32,34,35)/t12?,15-,18-,21-,24?/m0/s1. The maximum Gasteiger partial charge on any atom is 0.522 e. The molecule has 8 rings (SSSR count). The van der Waals surface area contributed by atoms with Gasteiger partial charge in [0.25, 0.3) is 0 Å². The lowest BCUT2D eigenvalue weighted by Crippen LogP contribution is -2.68. The number of rotatable bonds is 8. The Bertz CT molecular complexity index is 1400. The van der Waals surface area contributed by atoms with Gasteiger partial charge >= 0.3 is 12.5 Å². The minimum atomic E-state index is -4.77. The number of ether oxygens (including phenoxy) is 2. The van der Waals surface area contributed by atoms with Crippen molar-refractivity contribution >= 4 is 23.5 Å². The number of nitrogens with zero attached hydrogens (tertiary/aromatic N) is 4. The minimum Gasteiger partial charge on any atom is -0.443 e. The zero-order valence-electron chi connectivity index (χ0n) is 20.8. The fraction of sp³-hybridized carbons (Fsp3) is 0.600. The highest BCUT2D eigenvalue weighted by Crippen LogP contribution is 2.57. The maximum atomic E-state index is 15.3. The number of alkyl carbamates (subject to hydrolysis) is 1. The number of halogens is 4. The van der Waals surface area contributed by atoms with Crippen molar-refractivity contribution in [3.8, 4) is 0 Å². The van der Waals surface area contributed by atoms with E-state index in [0.29, 0.717) is 41.9 Å². The molecule has 3 N–H and O–H groups in total. The van der Waals surface area contributed by atoms with Gasteiger partial charge < -0.3 is 15.4 Å². The van der Waals surface area contributed by atoms with Gasteiger partial charge in [-0.2, -0.15) is 5.10 Å². The average molecular weight is 550 g/mol. The van der Waals surface area contributed by atoms with E-state index in [-0.39, 0.29) is 17.2 Å². The molecule has 0 spiro atoms. The van der Waals surface area contributed by atoms with Crippen molar-refractivity contribution in [3.63, 3.8) is 0 Å². The van der Waals surface area contributed by atoms with Gasteiger partial charge in [0.1, 0.15) is 17.9 Å². The monoisotopic (exact) mass is 549 g/mol. The number of anilines is 2. The fourth-order valence-electron chi connectivity index (χ4n) is 6.05. The molecule has 10 nitrogen and oxygen atoms in total. The van der Waals surface area contributed by atoms with Gasteiger partial charge in [-0.1, -0.05) is 0 Å². The predicted molar refractivity (Wildman–Crippen MR) is 128 cm³/mol. The average Bonchev–Trinajstić information content (AvgIpc) is 3.27. The number of aromatic amines is 1. The first kappa shape index (κ1) is 24.6. The van der Waals surface area contributed by atoms with Crippen LogP contribution in [0.4, 0.5) is 34.1 Å². The summed E-state index contributed by atoms with van der Waals surface area (Å²) in [6, 6.07) is 3.43. The normalized spacial score (nSPS) is 29.6. The summed E-state index contributed by atoms with van der Waals surface area (Å²) in [7, 11) is 0. The smallest absolute Gasteiger partial charge is 0.443 e. The number of carbonyl (C=O) groups excluding carboxylic acids is 1. The Hall–Kier alpha value is -3.42. The summed E-state index contributed by atoms with van der Waals surface area (Å²) in [5.41, 5.74) is 1.74. The van der Waals surface area contributed by atoms with E-state index in [1.165, 1.54) is 10.6 Å². The second kappa shape index (κ2) is 8.80. The van der Waals surface area contributed by atoms with Crippen LogP contribution in [0.25, 0.3) is 5.65 Å². The third kappa shape index (κ3) is 4.79. The van der Waals surface area contributed by atoms with Gasteiger partial charge in [-0.3, -0.25) is 14.2 Å². The first-order valence-corrected chi connectivity index (χ1v) is 13.2. The van der Waals surface area contributed by atoms with Crippen LogP contribution < -0.4 is 10.6 Å². The van der Waals surface area contributed by atoms with Crippen LogP contribution in [0.2, 0.25) is 0 Å². The molecular weight excluding hydrogens is 522 g/mol. The molecule has 3 heterocycles. The molecular formula is C25H27F4N7O3. The lowest BCUT2D eigenvalue weighted by atomic mass is 9.50. The highest BCUT2D eigenvalue weighted by atomic mass is 19.4. The van der Waals surface area contributed by atoms with E-state index in [0.717, 1.165) is 37.8 Å². The number of nitrogens with one attached hydrogen (secondary N) is 3. The summed E-state index contributed by atoms with van der Waals surface area (Å²) in [6.07, 6.45) is -0.345. The lowest BCUT2D eigenvalue weighted by Gasteiger charge is -2.61. The van der Waals surface area contributed by atoms with Gasteiger partial charge in [0, 0.05) is 41.4 Å². The lowest BCUT2D eigenvalue weighted by molar-refractivity contribution is -0.330. The van der Waals surface area contributed by atoms with Crippen molar-refractivity contribution in [1.29, 1.82) is 0 Å². The second-order valence-electron chi connectivity index (χ2n) is 11.3. The van der Waals surface area contributed by atoms with Crippen LogP contribution in [0.15, 0.2) is 18.3 Å². The Morgan fingerprint density at radius 1 is 1.15 bits per heavy atom. The van der Waals surface area contributed by atoms with Crippen LogP contribution in [-0.2, 0) is 16.1 Å². The molecule has 5 aliphatic rings. The van der Waals surface area contributed by atoms with Crippen molar-refractivity contribution in [2.75, 3.05) is 5.32 Å².